The molecule has 0 fully saturated rings. The lowest BCUT2D eigenvalue weighted by atomic mass is 10.1. The average Bonchev–Trinajstić information content (AvgIpc) is 2.79. The van der Waals surface area contributed by atoms with E-state index in [9.17, 15) is 4.79 Å². The molecule has 0 aliphatic rings. The van der Waals surface area contributed by atoms with Gasteiger partial charge in [0.05, 0.1) is 11.3 Å². The summed E-state index contributed by atoms with van der Waals surface area (Å²) in [5.41, 5.74) is 3.76. The van der Waals surface area contributed by atoms with Crippen molar-refractivity contribution in [3.63, 3.8) is 0 Å². The van der Waals surface area contributed by atoms with Crippen molar-refractivity contribution in [3.05, 3.63) is 48.0 Å². The Morgan fingerprint density at radius 3 is 2.29 bits per heavy atom. The minimum atomic E-state index is -0.617. The molecule has 3 heteroatoms. The van der Waals surface area contributed by atoms with E-state index in [1.165, 1.54) is 57.8 Å². The van der Waals surface area contributed by atoms with E-state index >= 15 is 0 Å². The summed E-state index contributed by atoms with van der Waals surface area (Å²) in [6.07, 6.45) is 14.0. The third-order valence-corrected chi connectivity index (χ3v) is 5.28. The topological polar surface area (TPSA) is 41.2 Å². The zero-order valence-electron chi connectivity index (χ0n) is 18.8. The molecular weight excluding hydrogens is 382 g/mol. The van der Waals surface area contributed by atoms with E-state index in [2.05, 4.69) is 54.3 Å². The van der Waals surface area contributed by atoms with Crippen molar-refractivity contribution in [2.75, 3.05) is 0 Å². The molecule has 0 aromatic heterocycles. The molecule has 2 aromatic rings. The number of unbranched alkanes of at least 4 members (excludes halogenated alkanes) is 10. The molecule has 0 aliphatic carbocycles. The monoisotopic (exact) mass is 417 g/mol. The second kappa shape index (κ2) is 16.0. The van der Waals surface area contributed by atoms with Gasteiger partial charge in [0.2, 0.25) is 0 Å². The van der Waals surface area contributed by atoms with Crippen LogP contribution >= 0.6 is 0 Å². The zero-order chi connectivity index (χ0) is 22.0. The second-order valence-corrected chi connectivity index (χ2v) is 7.83. The van der Waals surface area contributed by atoms with Gasteiger partial charge in [-0.2, -0.15) is 4.84 Å². The molecule has 0 saturated carbocycles. The van der Waals surface area contributed by atoms with Crippen LogP contribution in [0.1, 0.15) is 83.1 Å². The first-order valence-electron chi connectivity index (χ1n) is 11.7. The van der Waals surface area contributed by atoms with Crippen LogP contribution in [-0.2, 0) is 16.2 Å². The smallest absolute Gasteiger partial charge is 0.188 e. The summed E-state index contributed by atoms with van der Waals surface area (Å²) >= 11 is 0. The molecule has 0 atom stereocenters. The Hall–Kier alpha value is -2.75. The predicted molar refractivity (Wildman–Crippen MR) is 129 cm³/mol. The quantitative estimate of drug-likeness (QED) is 0.170. The first kappa shape index (κ1) is 24.5. The number of carbonyl (C=O) groups excluding carboxylic acids is 1. The maximum atomic E-state index is 11.7. The van der Waals surface area contributed by atoms with E-state index in [0.717, 1.165) is 29.2 Å². The maximum absolute atomic E-state index is 11.7. The number of benzene rings is 2. The van der Waals surface area contributed by atoms with Crippen LogP contribution in [0.4, 0.5) is 0 Å². The van der Waals surface area contributed by atoms with Crippen LogP contribution in [0.15, 0.2) is 42.5 Å². The Morgan fingerprint density at radius 2 is 1.52 bits per heavy atom. The summed E-state index contributed by atoms with van der Waals surface area (Å²) < 4.78 is 0. The number of carbonyl (C=O) groups is 1. The van der Waals surface area contributed by atoms with E-state index in [-0.39, 0.29) is 0 Å². The fourth-order valence-corrected chi connectivity index (χ4v) is 3.54. The van der Waals surface area contributed by atoms with Crippen molar-refractivity contribution in [1.29, 1.82) is 0 Å². The molecule has 0 unspecified atom stereocenters. The fraction of sp³-hybridized carbons (Fsp3) is 0.464. The van der Waals surface area contributed by atoms with Crippen LogP contribution < -0.4 is 5.48 Å². The van der Waals surface area contributed by atoms with Crippen LogP contribution in [0.5, 0.6) is 0 Å². The van der Waals surface area contributed by atoms with E-state index in [1.807, 2.05) is 24.3 Å². The highest BCUT2D eigenvalue weighted by molar-refractivity contribution is 5.89. The summed E-state index contributed by atoms with van der Waals surface area (Å²) in [6.45, 7) is 2.69. The third-order valence-electron chi connectivity index (χ3n) is 5.28. The fourth-order valence-electron chi connectivity index (χ4n) is 3.54. The minimum Gasteiger partial charge on any atom is -0.188 e. The average molecular weight is 418 g/mol. The predicted octanol–water partition coefficient (Wildman–Crippen LogP) is 6.71. The van der Waals surface area contributed by atoms with Crippen molar-refractivity contribution in [2.24, 2.45) is 0 Å². The Morgan fingerprint density at radius 1 is 0.839 bits per heavy atom. The molecule has 0 aliphatic heterocycles. The molecule has 0 amide bonds. The van der Waals surface area contributed by atoms with E-state index in [1.54, 1.807) is 0 Å². The molecule has 1 N–H and O–H groups in total. The summed E-state index contributed by atoms with van der Waals surface area (Å²) in [6, 6.07) is 14.2. The van der Waals surface area contributed by atoms with Crippen molar-refractivity contribution >= 4 is 16.7 Å². The van der Waals surface area contributed by atoms with Gasteiger partial charge in [0, 0.05) is 12.3 Å². The van der Waals surface area contributed by atoms with E-state index < -0.39 is 5.97 Å². The van der Waals surface area contributed by atoms with Gasteiger partial charge in [-0.25, -0.2) is 0 Å². The Kier molecular flexibility index (Phi) is 12.7. The molecule has 2 aromatic carbocycles. The number of nitrogens with one attached hydrogen (secondary N) is 1. The number of rotatable bonds is 13. The normalized spacial score (nSPS) is 10.1. The van der Waals surface area contributed by atoms with Gasteiger partial charge < -0.3 is 0 Å². The van der Waals surface area contributed by atoms with Crippen molar-refractivity contribution in [2.45, 2.75) is 84.1 Å². The van der Waals surface area contributed by atoms with Gasteiger partial charge >= 0.3 is 5.97 Å². The SMILES string of the molecule is CCCCCCCCCCCCC#CC#CC(=[O+])ONCc1cccc2ccccc12. The largest absolute Gasteiger partial charge is 0.679 e. The van der Waals surface area contributed by atoms with E-state index in [4.69, 9.17) is 4.84 Å². The van der Waals surface area contributed by atoms with Crippen LogP contribution in [0.2, 0.25) is 0 Å². The van der Waals surface area contributed by atoms with Crippen LogP contribution in [0.3, 0.4) is 0 Å². The second-order valence-electron chi connectivity index (χ2n) is 7.83. The molecule has 163 valence electrons. The van der Waals surface area contributed by atoms with Crippen LogP contribution in [0.25, 0.3) is 10.8 Å². The summed E-state index contributed by atoms with van der Waals surface area (Å²) in [7, 11) is 0. The van der Waals surface area contributed by atoms with Gasteiger partial charge in [-0.1, -0.05) is 113 Å². The maximum Gasteiger partial charge on any atom is 0.679 e. The highest BCUT2D eigenvalue weighted by Gasteiger charge is 2.13. The summed E-state index contributed by atoms with van der Waals surface area (Å²) in [4.78, 5) is 16.7. The van der Waals surface area contributed by atoms with Crippen LogP contribution in [-0.4, -0.2) is 5.97 Å². The number of hydrogen-bond acceptors (Lipinski definition) is 3. The third kappa shape index (κ3) is 10.7. The molecule has 0 heterocycles. The van der Waals surface area contributed by atoms with E-state index in [0.29, 0.717) is 6.54 Å². The van der Waals surface area contributed by atoms with Gasteiger partial charge in [-0.15, -0.1) is 0 Å². The minimum absolute atomic E-state index is 0.430. The summed E-state index contributed by atoms with van der Waals surface area (Å²) in [5.74, 6) is 10.1. The van der Waals surface area contributed by atoms with Crippen molar-refractivity contribution in [1.82, 2.24) is 5.48 Å². The molecule has 1 radical (unpaired) electrons. The molecule has 2 rings (SSSR count). The van der Waals surface area contributed by atoms with Gasteiger partial charge in [0.25, 0.3) is 0 Å². The van der Waals surface area contributed by atoms with Gasteiger partial charge in [-0.05, 0) is 34.2 Å². The van der Waals surface area contributed by atoms with Gasteiger partial charge in [0.1, 0.15) is 5.92 Å². The van der Waals surface area contributed by atoms with Crippen LogP contribution in [0, 0.1) is 23.7 Å². The molecule has 3 nitrogen and oxygen atoms in total. The molecular formula is C28H35NO2+. The Labute approximate surface area is 187 Å². The molecule has 31 heavy (non-hydrogen) atoms. The van der Waals surface area contributed by atoms with Crippen molar-refractivity contribution < 1.29 is 9.63 Å². The Balaban J connectivity index is 1.52. The first-order valence-corrected chi connectivity index (χ1v) is 11.7. The summed E-state index contributed by atoms with van der Waals surface area (Å²) in [5, 5.41) is 2.29. The highest BCUT2D eigenvalue weighted by atomic mass is 16.7. The number of hydroxylamine groups is 1. The first-order chi connectivity index (χ1) is 15.3. The zero-order valence-corrected chi connectivity index (χ0v) is 18.8. The number of fused-ring (bicyclic) bond motifs is 1. The standard InChI is InChI=1S/C28H35NO2/c1-2-3-4-5-6-7-8-9-10-11-12-13-14-15-23-28(30)31-29-24-26-21-18-20-25-19-16-17-22-27(25)26/h16-22,29H,2-12,24H2,1H3/q+1. The van der Waals surface area contributed by atoms with Gasteiger partial charge in [-0.3, -0.25) is 0 Å². The van der Waals surface area contributed by atoms with Crippen molar-refractivity contribution in [3.8, 4) is 23.7 Å². The lowest BCUT2D eigenvalue weighted by Crippen LogP contribution is -2.18. The highest BCUT2D eigenvalue weighted by Crippen LogP contribution is 2.18. The lowest BCUT2D eigenvalue weighted by molar-refractivity contribution is -0.144. The lowest BCUT2D eigenvalue weighted by Gasteiger charge is -2.03. The Bertz CT molecular complexity index is 906. The van der Waals surface area contributed by atoms with Gasteiger partial charge in [0.15, 0.2) is 0 Å². The molecule has 0 saturated heterocycles. The molecule has 0 spiro atoms. The number of hydrogen-bond donors (Lipinski definition) is 1. The molecule has 0 bridgehead atoms.